The zero-order valence-corrected chi connectivity index (χ0v) is 20.4. The quantitative estimate of drug-likeness (QED) is 0.372. The van der Waals surface area contributed by atoms with Gasteiger partial charge in [0.2, 0.25) is 0 Å². The van der Waals surface area contributed by atoms with E-state index in [-0.39, 0.29) is 34.0 Å². The van der Waals surface area contributed by atoms with Crippen LogP contribution in [0.3, 0.4) is 0 Å². The van der Waals surface area contributed by atoms with Crippen LogP contribution in [0.15, 0.2) is 41.5 Å². The normalized spacial score (nSPS) is 12.1. The number of nitrogens with zero attached hydrogens (tertiary/aromatic N) is 1. The molecule has 6 nitrogen and oxygen atoms in total. The number of hydrazone groups is 1. The number of hydrogen-bond acceptors (Lipinski definition) is 5. The predicted octanol–water partition coefficient (Wildman–Crippen LogP) is 5.69. The lowest BCUT2D eigenvalue weighted by atomic mass is 9.72. The zero-order chi connectivity index (χ0) is 23.9. The van der Waals surface area contributed by atoms with E-state index in [0.29, 0.717) is 17.9 Å². The van der Waals surface area contributed by atoms with Crippen molar-refractivity contribution >= 4 is 23.7 Å². The van der Waals surface area contributed by atoms with E-state index in [0.717, 1.165) is 6.42 Å². The van der Waals surface area contributed by atoms with Gasteiger partial charge < -0.3 is 14.6 Å². The van der Waals surface area contributed by atoms with Gasteiger partial charge in [-0.15, -0.1) is 0 Å². The summed E-state index contributed by atoms with van der Waals surface area (Å²) in [4.78, 5) is 12.0. The standard InChI is InChI=1S/C25H33ClN2O4/c1-7-31-21-13-17(12-20(26)23(21)30)14-27-28-22(29)15-32-19-10-8-18(9-11-19)25(5,6)16-24(2,3)4/h8-14,30H,7,15-16H2,1-6H3,(H,28,29)/b27-14-. The van der Waals surface area contributed by atoms with Gasteiger partial charge in [-0.05, 0) is 59.6 Å². The summed E-state index contributed by atoms with van der Waals surface area (Å²) in [5, 5.41) is 13.9. The molecule has 7 heteroatoms. The van der Waals surface area contributed by atoms with Crippen LogP contribution in [-0.2, 0) is 10.2 Å². The molecule has 2 N–H and O–H groups in total. The molecule has 0 spiro atoms. The molecule has 32 heavy (non-hydrogen) atoms. The Labute approximate surface area is 195 Å². The van der Waals surface area contributed by atoms with Gasteiger partial charge in [0.15, 0.2) is 18.1 Å². The molecule has 0 heterocycles. The molecule has 2 rings (SSSR count). The number of aromatic hydroxyl groups is 1. The van der Waals surface area contributed by atoms with Crippen LogP contribution >= 0.6 is 11.6 Å². The minimum absolute atomic E-state index is 0.0437. The third kappa shape index (κ3) is 7.75. The highest BCUT2D eigenvalue weighted by Crippen LogP contribution is 2.37. The number of carbonyl (C=O) groups excluding carboxylic acids is 1. The Morgan fingerprint density at radius 2 is 1.78 bits per heavy atom. The summed E-state index contributed by atoms with van der Waals surface area (Å²) in [5.41, 5.74) is 4.48. The van der Waals surface area contributed by atoms with Crippen molar-refractivity contribution in [3.63, 3.8) is 0 Å². The Morgan fingerprint density at radius 3 is 2.38 bits per heavy atom. The van der Waals surface area contributed by atoms with E-state index in [9.17, 15) is 9.90 Å². The SMILES string of the molecule is CCOc1cc(/C=N\NC(=O)COc2ccc(C(C)(C)CC(C)(C)C)cc2)cc(Cl)c1O. The van der Waals surface area contributed by atoms with Crippen LogP contribution in [-0.4, -0.2) is 30.4 Å². The molecule has 0 bridgehead atoms. The molecule has 0 unspecified atom stereocenters. The zero-order valence-electron chi connectivity index (χ0n) is 19.7. The fraction of sp³-hybridized carbons (Fsp3) is 0.440. The van der Waals surface area contributed by atoms with Crippen molar-refractivity contribution in [1.29, 1.82) is 0 Å². The molecule has 0 saturated carbocycles. The molecule has 0 aliphatic rings. The fourth-order valence-electron chi connectivity index (χ4n) is 3.72. The topological polar surface area (TPSA) is 80.2 Å². The highest BCUT2D eigenvalue weighted by Gasteiger charge is 2.27. The van der Waals surface area contributed by atoms with Gasteiger partial charge in [-0.25, -0.2) is 5.43 Å². The number of phenolic OH excluding ortho intramolecular Hbond substituents is 1. The highest BCUT2D eigenvalue weighted by molar-refractivity contribution is 6.32. The molecule has 1 amide bonds. The number of halogens is 1. The average Bonchev–Trinajstić information content (AvgIpc) is 2.69. The Hall–Kier alpha value is -2.73. The third-order valence-corrected chi connectivity index (χ3v) is 5.02. The molecule has 0 saturated heterocycles. The predicted molar refractivity (Wildman–Crippen MR) is 129 cm³/mol. The van der Waals surface area contributed by atoms with E-state index in [4.69, 9.17) is 21.1 Å². The first kappa shape index (κ1) is 25.5. The number of carbonyl (C=O) groups is 1. The van der Waals surface area contributed by atoms with Gasteiger partial charge >= 0.3 is 0 Å². The van der Waals surface area contributed by atoms with Crippen molar-refractivity contribution < 1.29 is 19.4 Å². The van der Waals surface area contributed by atoms with E-state index in [2.05, 4.69) is 45.1 Å². The van der Waals surface area contributed by atoms with Gasteiger partial charge in [0.1, 0.15) is 5.75 Å². The lowest BCUT2D eigenvalue weighted by Crippen LogP contribution is -2.25. The van der Waals surface area contributed by atoms with E-state index in [1.807, 2.05) is 24.3 Å². The smallest absolute Gasteiger partial charge is 0.277 e. The Bertz CT molecular complexity index is 948. The molecular weight excluding hydrogens is 428 g/mol. The maximum absolute atomic E-state index is 12.0. The van der Waals surface area contributed by atoms with Crippen molar-refractivity contribution in [3.8, 4) is 17.2 Å². The molecular formula is C25H33ClN2O4. The summed E-state index contributed by atoms with van der Waals surface area (Å²) in [6, 6.07) is 10.9. The fourth-order valence-corrected chi connectivity index (χ4v) is 3.94. The van der Waals surface area contributed by atoms with Crippen LogP contribution in [0.4, 0.5) is 0 Å². The van der Waals surface area contributed by atoms with Crippen molar-refractivity contribution in [2.45, 2.75) is 53.4 Å². The van der Waals surface area contributed by atoms with Crippen LogP contribution in [0.5, 0.6) is 17.2 Å². The second-order valence-electron chi connectivity index (χ2n) is 9.51. The van der Waals surface area contributed by atoms with Gasteiger partial charge in [-0.1, -0.05) is 58.4 Å². The maximum atomic E-state index is 12.0. The van der Waals surface area contributed by atoms with Crippen LogP contribution in [0.25, 0.3) is 0 Å². The lowest BCUT2D eigenvalue weighted by molar-refractivity contribution is -0.123. The summed E-state index contributed by atoms with van der Waals surface area (Å²) < 4.78 is 10.9. The van der Waals surface area contributed by atoms with Crippen LogP contribution in [0.1, 0.15) is 59.1 Å². The van der Waals surface area contributed by atoms with E-state index in [1.54, 1.807) is 13.0 Å². The van der Waals surface area contributed by atoms with E-state index >= 15 is 0 Å². The molecule has 0 aliphatic carbocycles. The van der Waals surface area contributed by atoms with E-state index in [1.165, 1.54) is 17.8 Å². The lowest BCUT2D eigenvalue weighted by Gasteiger charge is -2.33. The van der Waals surface area contributed by atoms with Gasteiger partial charge in [-0.3, -0.25) is 4.79 Å². The molecule has 2 aromatic carbocycles. The number of benzene rings is 2. The molecule has 2 aromatic rings. The van der Waals surface area contributed by atoms with Crippen molar-refractivity contribution in [2.75, 3.05) is 13.2 Å². The first-order valence-electron chi connectivity index (χ1n) is 10.6. The Morgan fingerprint density at radius 1 is 1.12 bits per heavy atom. The second-order valence-corrected chi connectivity index (χ2v) is 9.92. The molecule has 0 aromatic heterocycles. The number of amides is 1. The monoisotopic (exact) mass is 460 g/mol. The average molecular weight is 461 g/mol. The first-order chi connectivity index (χ1) is 14.9. The van der Waals surface area contributed by atoms with Gasteiger partial charge in [0.05, 0.1) is 17.8 Å². The molecule has 174 valence electrons. The van der Waals surface area contributed by atoms with Crippen LogP contribution in [0, 0.1) is 5.41 Å². The van der Waals surface area contributed by atoms with Crippen LogP contribution < -0.4 is 14.9 Å². The number of ether oxygens (including phenoxy) is 2. The summed E-state index contributed by atoms with van der Waals surface area (Å²) in [6.07, 6.45) is 2.47. The summed E-state index contributed by atoms with van der Waals surface area (Å²) in [7, 11) is 0. The van der Waals surface area contributed by atoms with Gasteiger partial charge in [0, 0.05) is 0 Å². The van der Waals surface area contributed by atoms with Gasteiger partial charge in [-0.2, -0.15) is 5.10 Å². The maximum Gasteiger partial charge on any atom is 0.277 e. The Kier molecular flexibility index (Phi) is 8.56. The first-order valence-corrected chi connectivity index (χ1v) is 11.0. The number of phenols is 1. The number of rotatable bonds is 9. The largest absolute Gasteiger partial charge is 0.503 e. The summed E-state index contributed by atoms with van der Waals surface area (Å²) in [6.45, 7) is 13.2. The third-order valence-electron chi connectivity index (χ3n) is 4.73. The Balaban J connectivity index is 1.90. The van der Waals surface area contributed by atoms with Crippen molar-refractivity contribution in [1.82, 2.24) is 5.43 Å². The highest BCUT2D eigenvalue weighted by atomic mass is 35.5. The number of nitrogens with one attached hydrogen (secondary N) is 1. The molecule has 0 atom stereocenters. The van der Waals surface area contributed by atoms with Crippen molar-refractivity contribution in [3.05, 3.63) is 52.5 Å². The van der Waals surface area contributed by atoms with Gasteiger partial charge in [0.25, 0.3) is 5.91 Å². The summed E-state index contributed by atoms with van der Waals surface area (Å²) >= 11 is 5.99. The molecule has 0 radical (unpaired) electrons. The minimum atomic E-state index is -0.395. The van der Waals surface area contributed by atoms with Crippen molar-refractivity contribution in [2.24, 2.45) is 10.5 Å². The second kappa shape index (κ2) is 10.7. The van der Waals surface area contributed by atoms with Crippen LogP contribution in [0.2, 0.25) is 5.02 Å². The number of hydrogen-bond donors (Lipinski definition) is 2. The minimum Gasteiger partial charge on any atom is -0.503 e. The molecule has 0 fully saturated rings. The van der Waals surface area contributed by atoms with E-state index < -0.39 is 5.91 Å². The molecule has 0 aliphatic heterocycles. The summed E-state index contributed by atoms with van der Waals surface area (Å²) in [5.74, 6) is 0.348.